The fraction of sp³-hybridized carbons (Fsp3) is 0.136. The van der Waals surface area contributed by atoms with E-state index < -0.39 is 15.9 Å². The lowest BCUT2D eigenvalue weighted by atomic mass is 10.2. The summed E-state index contributed by atoms with van der Waals surface area (Å²) < 4.78 is 32.7. The van der Waals surface area contributed by atoms with Gasteiger partial charge in [-0.2, -0.15) is 5.26 Å². The highest BCUT2D eigenvalue weighted by Crippen LogP contribution is 2.14. The first-order valence-corrected chi connectivity index (χ1v) is 10.8. The third-order valence-corrected chi connectivity index (χ3v) is 5.69. The predicted molar refractivity (Wildman–Crippen MR) is 114 cm³/mol. The van der Waals surface area contributed by atoms with E-state index in [1.165, 1.54) is 18.2 Å². The number of rotatable bonds is 8. The van der Waals surface area contributed by atoms with Crippen molar-refractivity contribution in [3.63, 3.8) is 0 Å². The summed E-state index contributed by atoms with van der Waals surface area (Å²) in [6, 6.07) is 15.0. The molecular formula is C22H20N4O4S. The molecule has 2 heterocycles. The zero-order valence-corrected chi connectivity index (χ0v) is 17.5. The highest BCUT2D eigenvalue weighted by Gasteiger charge is 2.15. The van der Waals surface area contributed by atoms with Crippen LogP contribution in [-0.4, -0.2) is 19.3 Å². The van der Waals surface area contributed by atoms with Gasteiger partial charge in [-0.15, -0.1) is 0 Å². The van der Waals surface area contributed by atoms with Crippen molar-refractivity contribution in [1.29, 1.82) is 5.26 Å². The number of aryl methyl sites for hydroxylation is 1. The highest BCUT2D eigenvalue weighted by atomic mass is 32.2. The molecule has 0 aliphatic heterocycles. The number of pyridine rings is 1. The van der Waals surface area contributed by atoms with Crippen molar-refractivity contribution in [2.45, 2.75) is 24.9 Å². The van der Waals surface area contributed by atoms with Gasteiger partial charge in [0.2, 0.25) is 10.0 Å². The van der Waals surface area contributed by atoms with Crippen molar-refractivity contribution in [3.05, 3.63) is 89.1 Å². The minimum Gasteiger partial charge on any atom is -0.460 e. The summed E-state index contributed by atoms with van der Waals surface area (Å²) in [6.07, 6.45) is 4.55. The molecule has 1 aromatic carbocycles. The van der Waals surface area contributed by atoms with Crippen LogP contribution in [0.15, 0.2) is 75.8 Å². The number of carbonyl (C=O) groups is 1. The Hall–Kier alpha value is -3.74. The van der Waals surface area contributed by atoms with Crippen LogP contribution in [0.3, 0.4) is 0 Å². The minimum atomic E-state index is -3.69. The first-order chi connectivity index (χ1) is 14.9. The topological polar surface area (TPSA) is 125 Å². The van der Waals surface area contributed by atoms with E-state index in [0.717, 1.165) is 11.1 Å². The average Bonchev–Trinajstić information content (AvgIpc) is 3.23. The number of nitrogens with zero attached hydrogens (tertiary/aromatic N) is 2. The molecule has 8 nitrogen and oxygen atoms in total. The molecule has 1 amide bonds. The standard InChI is InChI=1S/C22H20N4O4S/c1-16-4-8-21(9-5-16)31(28,29)26-15-20-7-6-19(30-20)11-18(12-23)22(27)25-14-17-3-2-10-24-13-17/h2-11,13,26H,14-15H2,1H3,(H,25,27). The van der Waals surface area contributed by atoms with Crippen LogP contribution in [-0.2, 0) is 27.9 Å². The van der Waals surface area contributed by atoms with Gasteiger partial charge in [0.25, 0.3) is 5.91 Å². The van der Waals surface area contributed by atoms with Crippen molar-refractivity contribution in [3.8, 4) is 6.07 Å². The van der Waals surface area contributed by atoms with Crippen molar-refractivity contribution in [2.75, 3.05) is 0 Å². The van der Waals surface area contributed by atoms with Gasteiger partial charge in [-0.1, -0.05) is 23.8 Å². The molecule has 0 aliphatic carbocycles. The molecule has 0 aliphatic rings. The number of nitriles is 1. The molecular weight excluding hydrogens is 416 g/mol. The van der Waals surface area contributed by atoms with E-state index in [1.807, 2.05) is 13.0 Å². The maximum absolute atomic E-state index is 12.4. The quantitative estimate of drug-likeness (QED) is 0.413. The zero-order chi connectivity index (χ0) is 22.3. The van der Waals surface area contributed by atoms with Crippen molar-refractivity contribution >= 4 is 22.0 Å². The van der Waals surface area contributed by atoms with E-state index >= 15 is 0 Å². The van der Waals surface area contributed by atoms with Crippen molar-refractivity contribution in [2.24, 2.45) is 0 Å². The van der Waals surface area contributed by atoms with Crippen LogP contribution in [0.25, 0.3) is 6.08 Å². The molecule has 2 N–H and O–H groups in total. The largest absolute Gasteiger partial charge is 0.460 e. The second kappa shape index (κ2) is 9.84. The van der Waals surface area contributed by atoms with Crippen LogP contribution < -0.4 is 10.0 Å². The zero-order valence-electron chi connectivity index (χ0n) is 16.7. The van der Waals surface area contributed by atoms with Gasteiger partial charge < -0.3 is 9.73 Å². The summed E-state index contributed by atoms with van der Waals surface area (Å²) >= 11 is 0. The van der Waals surface area contributed by atoms with E-state index in [9.17, 15) is 18.5 Å². The van der Waals surface area contributed by atoms with Gasteiger partial charge in [-0.05, 0) is 42.8 Å². The summed E-state index contributed by atoms with van der Waals surface area (Å²) in [7, 11) is -3.69. The first kappa shape index (κ1) is 22.0. The fourth-order valence-corrected chi connectivity index (χ4v) is 3.60. The molecule has 0 radical (unpaired) electrons. The molecule has 0 fully saturated rings. The number of aromatic nitrogens is 1. The molecule has 0 unspecified atom stereocenters. The Morgan fingerprint density at radius 3 is 2.61 bits per heavy atom. The number of nitrogens with one attached hydrogen (secondary N) is 2. The molecule has 0 saturated carbocycles. The second-order valence-corrected chi connectivity index (χ2v) is 8.42. The lowest BCUT2D eigenvalue weighted by Gasteiger charge is -2.05. The maximum Gasteiger partial charge on any atom is 0.262 e. The average molecular weight is 436 g/mol. The first-order valence-electron chi connectivity index (χ1n) is 9.31. The van der Waals surface area contributed by atoms with Gasteiger partial charge in [-0.25, -0.2) is 13.1 Å². The maximum atomic E-state index is 12.4. The Kier molecular flexibility index (Phi) is 6.97. The third-order valence-electron chi connectivity index (χ3n) is 4.28. The van der Waals surface area contributed by atoms with Crippen LogP contribution >= 0.6 is 0 Å². The Morgan fingerprint density at radius 1 is 1.16 bits per heavy atom. The molecule has 158 valence electrons. The van der Waals surface area contributed by atoms with Crippen LogP contribution in [0.5, 0.6) is 0 Å². The normalized spacial score (nSPS) is 11.7. The number of furan rings is 1. The minimum absolute atomic E-state index is 0.0703. The Bertz CT molecular complexity index is 1220. The Morgan fingerprint density at radius 2 is 1.94 bits per heavy atom. The second-order valence-electron chi connectivity index (χ2n) is 6.66. The van der Waals surface area contributed by atoms with Gasteiger partial charge in [0.1, 0.15) is 23.2 Å². The SMILES string of the molecule is Cc1ccc(S(=O)(=O)NCc2ccc(C=C(C#N)C(=O)NCc3cccnc3)o2)cc1. The molecule has 31 heavy (non-hydrogen) atoms. The summed E-state index contributed by atoms with van der Waals surface area (Å²) in [6.45, 7) is 2.03. The van der Waals surface area contributed by atoms with Crippen LogP contribution in [0.2, 0.25) is 0 Å². The van der Waals surface area contributed by atoms with Crippen LogP contribution in [0, 0.1) is 18.3 Å². The van der Waals surface area contributed by atoms with Crippen molar-refractivity contribution < 1.29 is 17.6 Å². The van der Waals surface area contributed by atoms with Crippen molar-refractivity contribution in [1.82, 2.24) is 15.0 Å². The Labute approximate surface area is 180 Å². The number of carbonyl (C=O) groups excluding carboxylic acids is 1. The monoisotopic (exact) mass is 436 g/mol. The fourth-order valence-electron chi connectivity index (χ4n) is 2.61. The van der Waals surface area contributed by atoms with Gasteiger partial charge in [0, 0.05) is 25.0 Å². The summed E-state index contributed by atoms with van der Waals surface area (Å²) in [4.78, 5) is 16.4. The van der Waals surface area contributed by atoms with Crippen LogP contribution in [0.1, 0.15) is 22.6 Å². The number of hydrogen-bond acceptors (Lipinski definition) is 6. The number of sulfonamides is 1. The molecule has 3 aromatic rings. The van der Waals surface area contributed by atoms with Gasteiger partial charge >= 0.3 is 0 Å². The summed E-state index contributed by atoms with van der Waals surface area (Å²) in [5.74, 6) is 0.0528. The number of benzene rings is 1. The highest BCUT2D eigenvalue weighted by molar-refractivity contribution is 7.89. The van der Waals surface area contributed by atoms with Crippen LogP contribution in [0.4, 0.5) is 0 Å². The summed E-state index contributed by atoms with van der Waals surface area (Å²) in [5.41, 5.74) is 1.62. The van der Waals surface area contributed by atoms with E-state index in [1.54, 1.807) is 48.8 Å². The molecule has 0 bridgehead atoms. The Balaban J connectivity index is 1.62. The molecule has 0 atom stereocenters. The van der Waals surface area contributed by atoms with Gasteiger partial charge in [-0.3, -0.25) is 9.78 Å². The van der Waals surface area contributed by atoms with Gasteiger partial charge in [0.15, 0.2) is 0 Å². The molecule has 3 rings (SSSR count). The number of amides is 1. The molecule has 0 saturated heterocycles. The van der Waals surface area contributed by atoms with E-state index in [-0.39, 0.29) is 29.3 Å². The number of hydrogen-bond donors (Lipinski definition) is 2. The molecule has 0 spiro atoms. The smallest absolute Gasteiger partial charge is 0.262 e. The van der Waals surface area contributed by atoms with Gasteiger partial charge in [0.05, 0.1) is 11.4 Å². The molecule has 9 heteroatoms. The lowest BCUT2D eigenvalue weighted by molar-refractivity contribution is -0.117. The van der Waals surface area contributed by atoms with E-state index in [0.29, 0.717) is 5.76 Å². The molecule has 2 aromatic heterocycles. The predicted octanol–water partition coefficient (Wildman–Crippen LogP) is 2.68. The third kappa shape index (κ3) is 6.12. The lowest BCUT2D eigenvalue weighted by Crippen LogP contribution is -2.24. The van der Waals surface area contributed by atoms with E-state index in [2.05, 4.69) is 15.0 Å². The van der Waals surface area contributed by atoms with E-state index in [4.69, 9.17) is 4.42 Å². The summed E-state index contributed by atoms with van der Waals surface area (Å²) in [5, 5.41) is 11.9.